The highest BCUT2D eigenvalue weighted by Gasteiger charge is 2.01. The van der Waals surface area contributed by atoms with Crippen molar-refractivity contribution in [2.24, 2.45) is 7.05 Å². The second kappa shape index (κ2) is 3.49. The molecule has 0 aliphatic carbocycles. The summed E-state index contributed by atoms with van der Waals surface area (Å²) in [4.78, 5) is 0. The fourth-order valence-corrected chi connectivity index (χ4v) is 1.96. The Hall–Kier alpha value is -2.09. The second-order valence-electron chi connectivity index (χ2n) is 3.94. The predicted molar refractivity (Wildman–Crippen MR) is 66.2 cm³/mol. The first-order chi connectivity index (χ1) is 7.83. The summed E-state index contributed by atoms with van der Waals surface area (Å²) in [5.41, 5.74) is 3.52. The van der Waals surface area contributed by atoms with E-state index in [1.165, 1.54) is 16.5 Å². The topological polar surface area (TPSA) is 17.8 Å². The summed E-state index contributed by atoms with van der Waals surface area (Å²) in [7, 11) is 1.95. The van der Waals surface area contributed by atoms with Crippen LogP contribution in [0.2, 0.25) is 0 Å². The standard InChI is InChI=1S/C14H12N2/c1-16-10-13-9-12(7-8-14(13)15-16)11-5-3-2-4-6-11/h2-10H,1H3. The number of hydrogen-bond acceptors (Lipinski definition) is 1. The minimum atomic E-state index is 1.04. The zero-order chi connectivity index (χ0) is 11.0. The van der Waals surface area contributed by atoms with Crippen LogP contribution in [0.5, 0.6) is 0 Å². The van der Waals surface area contributed by atoms with Crippen LogP contribution >= 0.6 is 0 Å². The van der Waals surface area contributed by atoms with E-state index in [-0.39, 0.29) is 0 Å². The molecule has 0 fully saturated rings. The molecule has 0 amide bonds. The minimum Gasteiger partial charge on any atom is -0.275 e. The van der Waals surface area contributed by atoms with Gasteiger partial charge in [0.05, 0.1) is 5.52 Å². The molecular weight excluding hydrogens is 196 g/mol. The third-order valence-electron chi connectivity index (χ3n) is 2.73. The summed E-state index contributed by atoms with van der Waals surface area (Å²) in [6, 6.07) is 16.8. The van der Waals surface area contributed by atoms with E-state index in [0.717, 1.165) is 5.52 Å². The lowest BCUT2D eigenvalue weighted by molar-refractivity contribution is 0.780. The van der Waals surface area contributed by atoms with Gasteiger partial charge in [0.2, 0.25) is 0 Å². The number of aromatic nitrogens is 2. The predicted octanol–water partition coefficient (Wildman–Crippen LogP) is 3.24. The Balaban J connectivity index is 2.18. The first-order valence-corrected chi connectivity index (χ1v) is 5.32. The largest absolute Gasteiger partial charge is 0.275 e. The molecule has 0 aliphatic rings. The van der Waals surface area contributed by atoms with Crippen molar-refractivity contribution in [3.05, 3.63) is 54.7 Å². The first kappa shape index (κ1) is 9.16. The monoisotopic (exact) mass is 208 g/mol. The molecule has 0 saturated heterocycles. The van der Waals surface area contributed by atoms with Crippen LogP contribution in [0.25, 0.3) is 22.0 Å². The zero-order valence-electron chi connectivity index (χ0n) is 9.09. The highest BCUT2D eigenvalue weighted by Crippen LogP contribution is 2.23. The molecule has 1 heterocycles. The second-order valence-corrected chi connectivity index (χ2v) is 3.94. The highest BCUT2D eigenvalue weighted by atomic mass is 15.2. The van der Waals surface area contributed by atoms with E-state index in [2.05, 4.69) is 47.6 Å². The summed E-state index contributed by atoms with van der Waals surface area (Å²) in [6.07, 6.45) is 2.04. The molecule has 0 bridgehead atoms. The zero-order valence-corrected chi connectivity index (χ0v) is 9.09. The normalized spacial score (nSPS) is 10.8. The molecule has 3 aromatic rings. The number of aryl methyl sites for hydroxylation is 1. The van der Waals surface area contributed by atoms with Crippen molar-refractivity contribution in [1.82, 2.24) is 9.78 Å². The molecule has 16 heavy (non-hydrogen) atoms. The van der Waals surface area contributed by atoms with E-state index >= 15 is 0 Å². The molecule has 2 aromatic carbocycles. The number of fused-ring (bicyclic) bond motifs is 1. The van der Waals surface area contributed by atoms with Crippen LogP contribution in [-0.2, 0) is 7.05 Å². The van der Waals surface area contributed by atoms with E-state index in [9.17, 15) is 0 Å². The third kappa shape index (κ3) is 1.48. The van der Waals surface area contributed by atoms with Crippen molar-refractivity contribution in [3.8, 4) is 11.1 Å². The molecule has 78 valence electrons. The van der Waals surface area contributed by atoms with Gasteiger partial charge < -0.3 is 0 Å². The average Bonchev–Trinajstić information content (AvgIpc) is 2.69. The molecule has 0 radical (unpaired) electrons. The molecule has 0 saturated carbocycles. The Labute approximate surface area is 94.1 Å². The van der Waals surface area contributed by atoms with Crippen molar-refractivity contribution in [2.45, 2.75) is 0 Å². The lowest BCUT2D eigenvalue weighted by Gasteiger charge is -2.00. The Morgan fingerprint density at radius 3 is 2.56 bits per heavy atom. The van der Waals surface area contributed by atoms with E-state index in [1.54, 1.807) is 0 Å². The molecule has 2 nitrogen and oxygen atoms in total. The van der Waals surface area contributed by atoms with Crippen LogP contribution in [0, 0.1) is 0 Å². The third-order valence-corrected chi connectivity index (χ3v) is 2.73. The minimum absolute atomic E-state index is 1.04. The van der Waals surface area contributed by atoms with Gasteiger partial charge >= 0.3 is 0 Å². The van der Waals surface area contributed by atoms with Crippen LogP contribution in [0.1, 0.15) is 0 Å². The quantitative estimate of drug-likeness (QED) is 0.600. The van der Waals surface area contributed by atoms with Crippen LogP contribution in [0.3, 0.4) is 0 Å². The molecule has 2 heteroatoms. The fourth-order valence-electron chi connectivity index (χ4n) is 1.96. The van der Waals surface area contributed by atoms with Crippen LogP contribution in [0.4, 0.5) is 0 Å². The van der Waals surface area contributed by atoms with Gasteiger partial charge in [-0.2, -0.15) is 5.10 Å². The lowest BCUT2D eigenvalue weighted by Crippen LogP contribution is -1.84. The van der Waals surface area contributed by atoms with Gasteiger partial charge in [-0.1, -0.05) is 36.4 Å². The van der Waals surface area contributed by atoms with Gasteiger partial charge in [0.1, 0.15) is 0 Å². The molecule has 0 N–H and O–H groups in total. The van der Waals surface area contributed by atoms with Crippen molar-refractivity contribution in [1.29, 1.82) is 0 Å². The number of nitrogens with zero attached hydrogens (tertiary/aromatic N) is 2. The van der Waals surface area contributed by atoms with E-state index in [1.807, 2.05) is 24.0 Å². The molecule has 0 atom stereocenters. The maximum atomic E-state index is 4.36. The van der Waals surface area contributed by atoms with E-state index < -0.39 is 0 Å². The van der Waals surface area contributed by atoms with Gasteiger partial charge in [0.15, 0.2) is 0 Å². The smallest absolute Gasteiger partial charge is 0.0923 e. The van der Waals surface area contributed by atoms with Crippen LogP contribution in [0.15, 0.2) is 54.7 Å². The molecule has 3 rings (SSSR count). The fraction of sp³-hybridized carbons (Fsp3) is 0.0714. The molecule has 1 aromatic heterocycles. The Morgan fingerprint density at radius 1 is 0.938 bits per heavy atom. The summed E-state index contributed by atoms with van der Waals surface area (Å²) < 4.78 is 1.85. The molecular formula is C14H12N2. The van der Waals surface area contributed by atoms with Crippen molar-refractivity contribution in [2.75, 3.05) is 0 Å². The van der Waals surface area contributed by atoms with Gasteiger partial charge in [-0.25, -0.2) is 0 Å². The van der Waals surface area contributed by atoms with E-state index in [0.29, 0.717) is 0 Å². The van der Waals surface area contributed by atoms with Crippen LogP contribution < -0.4 is 0 Å². The van der Waals surface area contributed by atoms with Gasteiger partial charge in [0, 0.05) is 18.6 Å². The maximum absolute atomic E-state index is 4.36. The highest BCUT2D eigenvalue weighted by molar-refractivity contribution is 5.84. The van der Waals surface area contributed by atoms with Gasteiger partial charge in [0.25, 0.3) is 0 Å². The molecule has 0 aliphatic heterocycles. The first-order valence-electron chi connectivity index (χ1n) is 5.32. The SMILES string of the molecule is Cn1cc2cc(-c3ccccc3)ccc2n1. The van der Waals surface area contributed by atoms with Gasteiger partial charge in [-0.3, -0.25) is 4.68 Å². The van der Waals surface area contributed by atoms with Gasteiger partial charge in [-0.15, -0.1) is 0 Å². The summed E-state index contributed by atoms with van der Waals surface area (Å²) in [6.45, 7) is 0. The number of benzene rings is 2. The Kier molecular flexibility index (Phi) is 2.00. The molecule has 0 spiro atoms. The number of hydrogen-bond donors (Lipinski definition) is 0. The van der Waals surface area contributed by atoms with Crippen molar-refractivity contribution >= 4 is 10.9 Å². The maximum Gasteiger partial charge on any atom is 0.0923 e. The van der Waals surface area contributed by atoms with Crippen molar-refractivity contribution < 1.29 is 0 Å². The van der Waals surface area contributed by atoms with Crippen LogP contribution in [-0.4, -0.2) is 9.78 Å². The number of rotatable bonds is 1. The summed E-state index contributed by atoms with van der Waals surface area (Å²) >= 11 is 0. The summed E-state index contributed by atoms with van der Waals surface area (Å²) in [5.74, 6) is 0. The lowest BCUT2D eigenvalue weighted by atomic mass is 10.0. The van der Waals surface area contributed by atoms with E-state index in [4.69, 9.17) is 0 Å². The molecule has 0 unspecified atom stereocenters. The van der Waals surface area contributed by atoms with Gasteiger partial charge in [-0.05, 0) is 23.3 Å². The average molecular weight is 208 g/mol. The van der Waals surface area contributed by atoms with Crippen molar-refractivity contribution in [3.63, 3.8) is 0 Å². The Bertz CT molecular complexity index is 624. The summed E-state index contributed by atoms with van der Waals surface area (Å²) in [5, 5.41) is 5.55. The Morgan fingerprint density at radius 2 is 1.75 bits per heavy atom.